The van der Waals surface area contributed by atoms with Crippen LogP contribution in [-0.2, 0) is 11.3 Å². The Morgan fingerprint density at radius 1 is 1.16 bits per heavy atom. The predicted octanol–water partition coefficient (Wildman–Crippen LogP) is 2.06. The Morgan fingerprint density at radius 2 is 1.92 bits per heavy atom. The van der Waals surface area contributed by atoms with Gasteiger partial charge in [0.05, 0.1) is 13.2 Å². The van der Waals surface area contributed by atoms with Gasteiger partial charge in [-0.05, 0) is 36.4 Å². The maximum absolute atomic E-state index is 12.8. The van der Waals surface area contributed by atoms with Crippen LogP contribution in [0.4, 0.5) is 4.39 Å². The van der Waals surface area contributed by atoms with E-state index in [1.54, 1.807) is 12.1 Å². The second-order valence-corrected chi connectivity index (χ2v) is 5.72. The van der Waals surface area contributed by atoms with Crippen molar-refractivity contribution in [3.8, 4) is 5.75 Å². The third kappa shape index (κ3) is 5.30. The third-order valence-electron chi connectivity index (χ3n) is 3.90. The number of nitrogens with one attached hydrogen (secondary N) is 1. The highest BCUT2D eigenvalue weighted by Gasteiger charge is 2.13. The van der Waals surface area contributed by atoms with Gasteiger partial charge in [0, 0.05) is 26.2 Å². The zero-order chi connectivity index (χ0) is 17.5. The Kier molecular flexibility index (Phi) is 6.03. The number of rotatable bonds is 7. The van der Waals surface area contributed by atoms with Crippen molar-refractivity contribution in [1.29, 1.82) is 0 Å². The minimum atomic E-state index is -0.318. The molecule has 0 atom stereocenters. The number of halogens is 1. The van der Waals surface area contributed by atoms with E-state index >= 15 is 0 Å². The summed E-state index contributed by atoms with van der Waals surface area (Å²) < 4.78 is 29.1. The molecule has 1 amide bonds. The number of amides is 1. The van der Waals surface area contributed by atoms with Crippen LogP contribution in [0, 0.1) is 5.82 Å². The van der Waals surface area contributed by atoms with Crippen molar-refractivity contribution in [2.24, 2.45) is 0 Å². The number of ether oxygens (including phenoxy) is 2. The van der Waals surface area contributed by atoms with Gasteiger partial charge in [-0.15, -0.1) is 0 Å². The molecule has 6 nitrogen and oxygen atoms in total. The summed E-state index contributed by atoms with van der Waals surface area (Å²) in [5, 5.41) is 2.84. The molecule has 1 aromatic heterocycles. The van der Waals surface area contributed by atoms with Gasteiger partial charge in [0.1, 0.15) is 23.9 Å². The van der Waals surface area contributed by atoms with E-state index < -0.39 is 0 Å². The standard InChI is InChI=1S/C18H21FN2O4/c19-14-1-3-15(4-2-14)24-13-16-5-6-17(25-16)18(22)20-7-8-21-9-11-23-12-10-21/h1-6H,7-13H2,(H,20,22). The monoisotopic (exact) mass is 348 g/mol. The number of nitrogens with zero attached hydrogens (tertiary/aromatic N) is 1. The van der Waals surface area contributed by atoms with Crippen LogP contribution < -0.4 is 10.1 Å². The fourth-order valence-corrected chi connectivity index (χ4v) is 2.50. The third-order valence-corrected chi connectivity index (χ3v) is 3.90. The van der Waals surface area contributed by atoms with Gasteiger partial charge in [-0.2, -0.15) is 0 Å². The van der Waals surface area contributed by atoms with E-state index in [1.165, 1.54) is 24.3 Å². The number of furan rings is 1. The van der Waals surface area contributed by atoms with Crippen LogP contribution in [0.1, 0.15) is 16.3 Å². The molecule has 2 heterocycles. The molecule has 7 heteroatoms. The minimum absolute atomic E-state index is 0.173. The van der Waals surface area contributed by atoms with E-state index in [0.717, 1.165) is 32.8 Å². The number of carbonyl (C=O) groups excluding carboxylic acids is 1. The molecule has 0 spiro atoms. The molecule has 1 saturated heterocycles. The minimum Gasteiger partial charge on any atom is -0.486 e. The van der Waals surface area contributed by atoms with Gasteiger partial charge >= 0.3 is 0 Å². The first-order valence-corrected chi connectivity index (χ1v) is 8.26. The van der Waals surface area contributed by atoms with Crippen molar-refractivity contribution in [3.05, 3.63) is 53.7 Å². The lowest BCUT2D eigenvalue weighted by molar-refractivity contribution is 0.0382. The first-order chi connectivity index (χ1) is 12.2. The lowest BCUT2D eigenvalue weighted by Gasteiger charge is -2.26. The molecule has 1 aliphatic heterocycles. The lowest BCUT2D eigenvalue weighted by Crippen LogP contribution is -2.41. The molecule has 0 unspecified atom stereocenters. The van der Waals surface area contributed by atoms with Gasteiger partial charge in [0.25, 0.3) is 5.91 Å². The molecule has 3 rings (SSSR count). The Morgan fingerprint density at radius 3 is 2.68 bits per heavy atom. The molecule has 2 aromatic rings. The predicted molar refractivity (Wildman–Crippen MR) is 89.0 cm³/mol. The number of morpholine rings is 1. The molecule has 1 N–H and O–H groups in total. The van der Waals surface area contributed by atoms with Crippen molar-refractivity contribution < 1.29 is 23.1 Å². The molecule has 134 valence electrons. The molecular weight excluding hydrogens is 327 g/mol. The summed E-state index contributed by atoms with van der Waals surface area (Å²) in [6, 6.07) is 9.04. The second-order valence-electron chi connectivity index (χ2n) is 5.72. The molecule has 1 aromatic carbocycles. The summed E-state index contributed by atoms with van der Waals surface area (Å²) in [6.45, 7) is 4.78. The number of benzene rings is 1. The van der Waals surface area contributed by atoms with Crippen LogP contribution in [0.25, 0.3) is 0 Å². The van der Waals surface area contributed by atoms with Crippen molar-refractivity contribution in [1.82, 2.24) is 10.2 Å². The zero-order valence-electron chi connectivity index (χ0n) is 13.9. The van der Waals surface area contributed by atoms with Crippen molar-refractivity contribution in [3.63, 3.8) is 0 Å². The van der Waals surface area contributed by atoms with Crippen LogP contribution in [0.3, 0.4) is 0 Å². The lowest BCUT2D eigenvalue weighted by atomic mass is 10.3. The smallest absolute Gasteiger partial charge is 0.287 e. The second kappa shape index (κ2) is 8.64. The average Bonchev–Trinajstić information content (AvgIpc) is 3.11. The zero-order valence-corrected chi connectivity index (χ0v) is 13.9. The Bertz CT molecular complexity index is 681. The molecule has 1 fully saturated rings. The highest BCUT2D eigenvalue weighted by Crippen LogP contribution is 2.15. The fourth-order valence-electron chi connectivity index (χ4n) is 2.50. The van der Waals surface area contributed by atoms with Gasteiger partial charge in [-0.3, -0.25) is 9.69 Å². The van der Waals surface area contributed by atoms with Crippen LogP contribution in [0.5, 0.6) is 5.75 Å². The Balaban J connectivity index is 1.42. The Labute approximate surface area is 145 Å². The van der Waals surface area contributed by atoms with Crippen molar-refractivity contribution >= 4 is 5.91 Å². The molecule has 25 heavy (non-hydrogen) atoms. The van der Waals surface area contributed by atoms with Crippen LogP contribution in [0.2, 0.25) is 0 Å². The molecule has 0 saturated carbocycles. The van der Waals surface area contributed by atoms with E-state index in [0.29, 0.717) is 18.1 Å². The maximum Gasteiger partial charge on any atom is 0.287 e. The van der Waals surface area contributed by atoms with Gasteiger partial charge < -0.3 is 19.2 Å². The van der Waals surface area contributed by atoms with Gasteiger partial charge in [-0.1, -0.05) is 0 Å². The summed E-state index contributed by atoms with van der Waals surface area (Å²) in [7, 11) is 0. The van der Waals surface area contributed by atoms with Gasteiger partial charge in [-0.25, -0.2) is 4.39 Å². The SMILES string of the molecule is O=C(NCCN1CCOCC1)c1ccc(COc2ccc(F)cc2)o1. The quantitative estimate of drug-likeness (QED) is 0.830. The van der Waals surface area contributed by atoms with Gasteiger partial charge in [0.15, 0.2) is 5.76 Å². The largest absolute Gasteiger partial charge is 0.486 e. The number of carbonyl (C=O) groups is 1. The fraction of sp³-hybridized carbons (Fsp3) is 0.389. The molecule has 1 aliphatic rings. The van der Waals surface area contributed by atoms with Crippen LogP contribution in [0.15, 0.2) is 40.8 Å². The first kappa shape index (κ1) is 17.4. The van der Waals surface area contributed by atoms with E-state index in [2.05, 4.69) is 10.2 Å². The summed E-state index contributed by atoms with van der Waals surface area (Å²) in [5.74, 6) is 0.749. The van der Waals surface area contributed by atoms with Crippen molar-refractivity contribution in [2.75, 3.05) is 39.4 Å². The molecule has 0 bridgehead atoms. The molecule has 0 aliphatic carbocycles. The molecular formula is C18H21FN2O4. The highest BCUT2D eigenvalue weighted by atomic mass is 19.1. The topological polar surface area (TPSA) is 63.9 Å². The summed E-state index contributed by atoms with van der Waals surface area (Å²) in [4.78, 5) is 14.3. The number of hydrogen-bond acceptors (Lipinski definition) is 5. The summed E-state index contributed by atoms with van der Waals surface area (Å²) >= 11 is 0. The first-order valence-electron chi connectivity index (χ1n) is 8.26. The molecule has 0 radical (unpaired) electrons. The van der Waals surface area contributed by atoms with Gasteiger partial charge in [0.2, 0.25) is 0 Å². The van der Waals surface area contributed by atoms with Crippen LogP contribution >= 0.6 is 0 Å². The summed E-state index contributed by atoms with van der Waals surface area (Å²) in [6.07, 6.45) is 0. The van der Waals surface area contributed by atoms with E-state index in [9.17, 15) is 9.18 Å². The van der Waals surface area contributed by atoms with Crippen LogP contribution in [-0.4, -0.2) is 50.2 Å². The van der Waals surface area contributed by atoms with E-state index in [1.807, 2.05) is 0 Å². The summed E-state index contributed by atoms with van der Waals surface area (Å²) in [5.41, 5.74) is 0. The normalized spacial score (nSPS) is 15.1. The van der Waals surface area contributed by atoms with E-state index in [-0.39, 0.29) is 24.1 Å². The highest BCUT2D eigenvalue weighted by molar-refractivity contribution is 5.91. The maximum atomic E-state index is 12.8. The average molecular weight is 348 g/mol. The van der Waals surface area contributed by atoms with Crippen molar-refractivity contribution in [2.45, 2.75) is 6.61 Å². The Hall–Kier alpha value is -2.38. The van der Waals surface area contributed by atoms with E-state index in [4.69, 9.17) is 13.9 Å². The number of hydrogen-bond donors (Lipinski definition) is 1.